The summed E-state index contributed by atoms with van der Waals surface area (Å²) in [6, 6.07) is 6.95. The molecule has 0 aliphatic heterocycles. The van der Waals surface area contributed by atoms with Gasteiger partial charge in [0.1, 0.15) is 6.33 Å². The summed E-state index contributed by atoms with van der Waals surface area (Å²) in [5.41, 5.74) is 1.38. The second kappa shape index (κ2) is 4.72. The van der Waals surface area contributed by atoms with Crippen LogP contribution in [0.25, 0.3) is 5.69 Å². The SMILES string of the molecule is O=C(O)[C@H]1C[C@H]1C(=O)Nc1ccc(-n2cnnn2)cc1. The van der Waals surface area contributed by atoms with Gasteiger partial charge in [-0.25, -0.2) is 4.68 Å². The molecule has 1 heterocycles. The van der Waals surface area contributed by atoms with Crippen LogP contribution in [0.15, 0.2) is 30.6 Å². The molecule has 8 heteroatoms. The van der Waals surface area contributed by atoms with Crippen LogP contribution in [0, 0.1) is 11.8 Å². The Hall–Kier alpha value is -2.77. The Bertz CT molecular complexity index is 638. The van der Waals surface area contributed by atoms with Crippen LogP contribution in [0.2, 0.25) is 0 Å². The van der Waals surface area contributed by atoms with E-state index >= 15 is 0 Å². The van der Waals surface area contributed by atoms with Crippen molar-refractivity contribution < 1.29 is 14.7 Å². The minimum atomic E-state index is -0.917. The summed E-state index contributed by atoms with van der Waals surface area (Å²) in [6.45, 7) is 0. The molecule has 1 saturated carbocycles. The van der Waals surface area contributed by atoms with Crippen molar-refractivity contribution in [3.05, 3.63) is 30.6 Å². The van der Waals surface area contributed by atoms with Gasteiger partial charge in [0.15, 0.2) is 0 Å². The fourth-order valence-corrected chi connectivity index (χ4v) is 1.97. The van der Waals surface area contributed by atoms with Gasteiger partial charge in [0.2, 0.25) is 5.91 Å². The van der Waals surface area contributed by atoms with Crippen molar-refractivity contribution in [1.82, 2.24) is 20.2 Å². The Balaban J connectivity index is 1.64. The smallest absolute Gasteiger partial charge is 0.307 e. The zero-order valence-corrected chi connectivity index (χ0v) is 10.3. The van der Waals surface area contributed by atoms with Gasteiger partial charge in [-0.05, 0) is 41.1 Å². The van der Waals surface area contributed by atoms with Crippen LogP contribution in [0.5, 0.6) is 0 Å². The van der Waals surface area contributed by atoms with E-state index in [2.05, 4.69) is 20.8 Å². The van der Waals surface area contributed by atoms with Gasteiger partial charge in [0.25, 0.3) is 0 Å². The Morgan fingerprint density at radius 1 is 1.25 bits per heavy atom. The number of rotatable bonds is 4. The molecule has 0 saturated heterocycles. The molecule has 0 unspecified atom stereocenters. The molecule has 102 valence electrons. The fraction of sp³-hybridized carbons (Fsp3) is 0.250. The number of benzene rings is 1. The van der Waals surface area contributed by atoms with E-state index in [0.717, 1.165) is 5.69 Å². The molecule has 8 nitrogen and oxygen atoms in total. The van der Waals surface area contributed by atoms with E-state index in [4.69, 9.17) is 5.11 Å². The van der Waals surface area contributed by atoms with Crippen molar-refractivity contribution in [3.63, 3.8) is 0 Å². The van der Waals surface area contributed by atoms with E-state index < -0.39 is 17.8 Å². The van der Waals surface area contributed by atoms with Gasteiger partial charge < -0.3 is 10.4 Å². The fourth-order valence-electron chi connectivity index (χ4n) is 1.97. The number of anilines is 1. The second-order valence-electron chi connectivity index (χ2n) is 4.58. The molecule has 1 amide bonds. The highest BCUT2D eigenvalue weighted by atomic mass is 16.4. The first-order chi connectivity index (χ1) is 9.65. The first-order valence-corrected chi connectivity index (χ1v) is 6.02. The number of amides is 1. The van der Waals surface area contributed by atoms with E-state index in [1.54, 1.807) is 24.3 Å². The summed E-state index contributed by atoms with van der Waals surface area (Å²) in [5, 5.41) is 22.3. The standard InChI is InChI=1S/C12H11N5O3/c18-11(9-5-10(9)12(19)20)14-7-1-3-8(4-2-7)17-6-13-15-16-17/h1-4,6,9-10H,5H2,(H,14,18)(H,19,20)/t9-,10+/m1/s1. The lowest BCUT2D eigenvalue weighted by Gasteiger charge is -2.05. The highest BCUT2D eigenvalue weighted by Crippen LogP contribution is 2.39. The Morgan fingerprint density at radius 3 is 2.55 bits per heavy atom. The summed E-state index contributed by atoms with van der Waals surface area (Å²) >= 11 is 0. The number of hydrogen-bond acceptors (Lipinski definition) is 5. The Morgan fingerprint density at radius 2 is 2.00 bits per heavy atom. The van der Waals surface area contributed by atoms with Gasteiger partial charge in [0, 0.05) is 5.69 Å². The number of carbonyl (C=O) groups is 2. The molecule has 2 atom stereocenters. The van der Waals surface area contributed by atoms with Crippen molar-refractivity contribution >= 4 is 17.6 Å². The zero-order chi connectivity index (χ0) is 14.1. The Labute approximate surface area is 113 Å². The third-order valence-electron chi connectivity index (χ3n) is 3.19. The van der Waals surface area contributed by atoms with Crippen molar-refractivity contribution in [1.29, 1.82) is 0 Å². The van der Waals surface area contributed by atoms with Crippen molar-refractivity contribution in [2.45, 2.75) is 6.42 Å². The van der Waals surface area contributed by atoms with E-state index in [0.29, 0.717) is 12.1 Å². The number of carboxylic acids is 1. The summed E-state index contributed by atoms with van der Waals surface area (Å²) in [4.78, 5) is 22.5. The normalized spacial score (nSPS) is 20.4. The average molecular weight is 273 g/mol. The topological polar surface area (TPSA) is 110 Å². The van der Waals surface area contributed by atoms with Crippen LogP contribution in [-0.4, -0.2) is 37.2 Å². The second-order valence-corrected chi connectivity index (χ2v) is 4.58. The van der Waals surface area contributed by atoms with E-state index in [1.165, 1.54) is 11.0 Å². The van der Waals surface area contributed by atoms with Gasteiger partial charge in [-0.15, -0.1) is 5.10 Å². The molecule has 3 rings (SSSR count). The van der Waals surface area contributed by atoms with Crippen molar-refractivity contribution in [3.8, 4) is 5.69 Å². The number of tetrazole rings is 1. The third-order valence-corrected chi connectivity index (χ3v) is 3.19. The lowest BCUT2D eigenvalue weighted by molar-refractivity contribution is -0.139. The quantitative estimate of drug-likeness (QED) is 0.830. The molecule has 1 aliphatic rings. The van der Waals surface area contributed by atoms with E-state index in [1.807, 2.05) is 0 Å². The molecule has 0 radical (unpaired) electrons. The maximum Gasteiger partial charge on any atom is 0.307 e. The van der Waals surface area contributed by atoms with Crippen LogP contribution in [0.4, 0.5) is 5.69 Å². The largest absolute Gasteiger partial charge is 0.481 e. The number of carboxylic acid groups (broad SMARTS) is 1. The molecular weight excluding hydrogens is 262 g/mol. The van der Waals surface area contributed by atoms with Crippen molar-refractivity contribution in [2.24, 2.45) is 11.8 Å². The number of nitrogens with zero attached hydrogens (tertiary/aromatic N) is 4. The number of aromatic nitrogens is 4. The number of carbonyl (C=O) groups excluding carboxylic acids is 1. The van der Waals surface area contributed by atoms with Crippen molar-refractivity contribution in [2.75, 3.05) is 5.32 Å². The average Bonchev–Trinajstić information content (AvgIpc) is 3.07. The monoisotopic (exact) mass is 273 g/mol. The molecule has 2 N–H and O–H groups in total. The molecule has 0 bridgehead atoms. The van der Waals surface area contributed by atoms with E-state index in [-0.39, 0.29) is 5.91 Å². The van der Waals surface area contributed by atoms with Crippen LogP contribution in [0.3, 0.4) is 0 Å². The lowest BCUT2D eigenvalue weighted by atomic mass is 10.2. The summed E-state index contributed by atoms with van der Waals surface area (Å²) in [7, 11) is 0. The third kappa shape index (κ3) is 2.35. The molecule has 2 aromatic rings. The zero-order valence-electron chi connectivity index (χ0n) is 10.3. The minimum Gasteiger partial charge on any atom is -0.481 e. The Kier molecular flexibility index (Phi) is 2.90. The first kappa shape index (κ1) is 12.3. The van der Waals surface area contributed by atoms with Crippen LogP contribution in [0.1, 0.15) is 6.42 Å². The number of aliphatic carboxylic acids is 1. The lowest BCUT2D eigenvalue weighted by Crippen LogP contribution is -2.16. The molecule has 0 spiro atoms. The maximum absolute atomic E-state index is 11.8. The summed E-state index contributed by atoms with van der Waals surface area (Å²) in [6.07, 6.45) is 1.87. The predicted molar refractivity (Wildman–Crippen MR) is 67.0 cm³/mol. The maximum atomic E-state index is 11.8. The highest BCUT2D eigenvalue weighted by Gasteiger charge is 2.48. The predicted octanol–water partition coefficient (Wildman–Crippen LogP) is 0.321. The van der Waals surface area contributed by atoms with Gasteiger partial charge in [-0.2, -0.15) is 0 Å². The van der Waals surface area contributed by atoms with Gasteiger partial charge >= 0.3 is 5.97 Å². The molecule has 20 heavy (non-hydrogen) atoms. The summed E-state index contributed by atoms with van der Waals surface area (Å²) in [5.74, 6) is -2.14. The molecular formula is C12H11N5O3. The van der Waals surface area contributed by atoms with Crippen LogP contribution < -0.4 is 5.32 Å². The molecule has 1 fully saturated rings. The van der Waals surface area contributed by atoms with Crippen LogP contribution in [-0.2, 0) is 9.59 Å². The number of nitrogens with one attached hydrogen (secondary N) is 1. The van der Waals surface area contributed by atoms with Crippen LogP contribution >= 0.6 is 0 Å². The first-order valence-electron chi connectivity index (χ1n) is 6.02. The summed E-state index contributed by atoms with van der Waals surface area (Å²) < 4.78 is 1.49. The van der Waals surface area contributed by atoms with E-state index in [9.17, 15) is 9.59 Å². The highest BCUT2D eigenvalue weighted by molar-refractivity contribution is 5.98. The molecule has 1 aliphatic carbocycles. The molecule has 1 aromatic carbocycles. The molecule has 1 aromatic heterocycles. The number of hydrogen-bond donors (Lipinski definition) is 2. The van der Waals surface area contributed by atoms with Gasteiger partial charge in [-0.3, -0.25) is 9.59 Å². The van der Waals surface area contributed by atoms with Gasteiger partial charge in [-0.1, -0.05) is 0 Å². The minimum absolute atomic E-state index is 0.257. The van der Waals surface area contributed by atoms with Gasteiger partial charge in [0.05, 0.1) is 17.5 Å².